The first-order valence-corrected chi connectivity index (χ1v) is 10.00. The average molecular weight is 365 g/mol. The van der Waals surface area contributed by atoms with E-state index >= 15 is 0 Å². The summed E-state index contributed by atoms with van der Waals surface area (Å²) in [6.07, 6.45) is 2.40. The molecule has 1 aliphatic heterocycles. The fourth-order valence-electron chi connectivity index (χ4n) is 3.66. The first-order valence-electron chi connectivity index (χ1n) is 10.00. The molecule has 4 nitrogen and oxygen atoms in total. The molecule has 0 bridgehead atoms. The van der Waals surface area contributed by atoms with Crippen molar-refractivity contribution in [1.29, 1.82) is 0 Å². The van der Waals surface area contributed by atoms with E-state index < -0.39 is 0 Å². The van der Waals surface area contributed by atoms with Gasteiger partial charge in [0.15, 0.2) is 5.96 Å². The van der Waals surface area contributed by atoms with Crippen LogP contribution in [0.3, 0.4) is 0 Å². The summed E-state index contributed by atoms with van der Waals surface area (Å²) < 4.78 is 0. The number of nitrogens with zero attached hydrogens (tertiary/aromatic N) is 2. The van der Waals surface area contributed by atoms with Gasteiger partial charge in [-0.25, -0.2) is 0 Å². The lowest BCUT2D eigenvalue weighted by molar-refractivity contribution is 0.328. The molecule has 2 aromatic rings. The summed E-state index contributed by atoms with van der Waals surface area (Å²) in [6, 6.07) is 19.3. The summed E-state index contributed by atoms with van der Waals surface area (Å²) in [5.74, 6) is 1.58. The van der Waals surface area contributed by atoms with Crippen molar-refractivity contribution in [3.8, 4) is 0 Å². The Bertz CT molecular complexity index is 726. The third-order valence-corrected chi connectivity index (χ3v) is 5.42. The molecule has 144 valence electrons. The Balaban J connectivity index is 1.37. The third-order valence-electron chi connectivity index (χ3n) is 5.42. The number of aryl methyl sites for hydroxylation is 1. The van der Waals surface area contributed by atoms with Crippen LogP contribution in [-0.2, 0) is 13.0 Å². The standard InChI is InChI=1S/C23H32N4/c1-19-8-6-7-11-22(19)17-26-23(24-2)25-16-21-13-15-27(18-21)14-12-20-9-4-3-5-10-20/h3-11,21H,12-18H2,1-2H3,(H2,24,25,26). The zero-order chi connectivity index (χ0) is 18.9. The number of hydrogen-bond donors (Lipinski definition) is 2. The third kappa shape index (κ3) is 6.10. The molecule has 0 amide bonds. The number of hydrogen-bond acceptors (Lipinski definition) is 2. The van der Waals surface area contributed by atoms with E-state index in [1.54, 1.807) is 0 Å². The SMILES string of the molecule is CN=C(NCc1ccccc1C)NCC1CCN(CCc2ccccc2)C1. The second-order valence-electron chi connectivity index (χ2n) is 7.42. The number of nitrogens with one attached hydrogen (secondary N) is 2. The fourth-order valence-corrected chi connectivity index (χ4v) is 3.66. The van der Waals surface area contributed by atoms with Gasteiger partial charge >= 0.3 is 0 Å². The zero-order valence-electron chi connectivity index (χ0n) is 16.6. The summed E-state index contributed by atoms with van der Waals surface area (Å²) in [6.45, 7) is 7.47. The molecule has 2 N–H and O–H groups in total. The van der Waals surface area contributed by atoms with Gasteiger partial charge in [0, 0.05) is 33.2 Å². The van der Waals surface area contributed by atoms with E-state index in [0.717, 1.165) is 32.0 Å². The van der Waals surface area contributed by atoms with Crippen molar-refractivity contribution >= 4 is 5.96 Å². The Kier molecular flexibility index (Phi) is 7.28. The van der Waals surface area contributed by atoms with Gasteiger partial charge in [0.2, 0.25) is 0 Å². The van der Waals surface area contributed by atoms with Gasteiger partial charge in [0.1, 0.15) is 0 Å². The van der Waals surface area contributed by atoms with Crippen LogP contribution in [0.1, 0.15) is 23.1 Å². The van der Waals surface area contributed by atoms with E-state index in [1.807, 2.05) is 7.05 Å². The molecule has 3 rings (SSSR count). The van der Waals surface area contributed by atoms with Gasteiger partial charge in [0.05, 0.1) is 0 Å². The minimum Gasteiger partial charge on any atom is -0.356 e. The molecule has 2 aromatic carbocycles. The fraction of sp³-hybridized carbons (Fsp3) is 0.435. The monoisotopic (exact) mass is 364 g/mol. The van der Waals surface area contributed by atoms with Gasteiger partial charge in [-0.2, -0.15) is 0 Å². The number of rotatable bonds is 7. The molecular formula is C23H32N4. The van der Waals surface area contributed by atoms with Crippen LogP contribution in [0.25, 0.3) is 0 Å². The highest BCUT2D eigenvalue weighted by molar-refractivity contribution is 5.79. The zero-order valence-corrected chi connectivity index (χ0v) is 16.6. The van der Waals surface area contributed by atoms with Crippen LogP contribution in [0.5, 0.6) is 0 Å². The topological polar surface area (TPSA) is 39.7 Å². The summed E-state index contributed by atoms with van der Waals surface area (Å²) in [5, 5.41) is 6.94. The Labute approximate surface area is 163 Å². The average Bonchev–Trinajstić information content (AvgIpc) is 3.16. The maximum Gasteiger partial charge on any atom is 0.191 e. The van der Waals surface area contributed by atoms with Crippen molar-refractivity contribution in [3.05, 3.63) is 71.3 Å². The molecule has 0 aromatic heterocycles. The maximum atomic E-state index is 4.37. The lowest BCUT2D eigenvalue weighted by atomic mass is 10.1. The van der Waals surface area contributed by atoms with Crippen LogP contribution >= 0.6 is 0 Å². The number of benzene rings is 2. The Morgan fingerprint density at radius 3 is 2.63 bits per heavy atom. The van der Waals surface area contributed by atoms with E-state index in [2.05, 4.69) is 82.0 Å². The molecule has 0 spiro atoms. The van der Waals surface area contributed by atoms with Crippen molar-refractivity contribution < 1.29 is 0 Å². The summed E-state index contributed by atoms with van der Waals surface area (Å²) in [4.78, 5) is 6.96. The second kappa shape index (κ2) is 10.1. The van der Waals surface area contributed by atoms with Crippen LogP contribution in [0.2, 0.25) is 0 Å². The van der Waals surface area contributed by atoms with Crippen LogP contribution in [-0.4, -0.2) is 44.1 Å². The first kappa shape index (κ1) is 19.4. The highest BCUT2D eigenvalue weighted by Crippen LogP contribution is 2.16. The minimum absolute atomic E-state index is 0.692. The van der Waals surface area contributed by atoms with Gasteiger partial charge in [-0.15, -0.1) is 0 Å². The van der Waals surface area contributed by atoms with Crippen molar-refractivity contribution in [2.45, 2.75) is 26.3 Å². The summed E-state index contributed by atoms with van der Waals surface area (Å²) >= 11 is 0. The molecule has 1 fully saturated rings. The predicted octanol–water partition coefficient (Wildman–Crippen LogP) is 3.22. The van der Waals surface area contributed by atoms with Gasteiger partial charge in [-0.1, -0.05) is 54.6 Å². The normalized spacial score (nSPS) is 17.9. The second-order valence-corrected chi connectivity index (χ2v) is 7.42. The molecule has 0 aliphatic carbocycles. The largest absolute Gasteiger partial charge is 0.356 e. The van der Waals surface area contributed by atoms with E-state index in [9.17, 15) is 0 Å². The van der Waals surface area contributed by atoms with Gasteiger partial charge < -0.3 is 15.5 Å². The molecule has 1 heterocycles. The molecule has 4 heteroatoms. The Hall–Kier alpha value is -2.33. The minimum atomic E-state index is 0.692. The van der Waals surface area contributed by atoms with Crippen molar-refractivity contribution in [2.24, 2.45) is 10.9 Å². The van der Waals surface area contributed by atoms with Crippen molar-refractivity contribution in [3.63, 3.8) is 0 Å². The van der Waals surface area contributed by atoms with E-state index in [1.165, 1.54) is 36.2 Å². The summed E-state index contributed by atoms with van der Waals surface area (Å²) in [7, 11) is 1.84. The molecule has 1 saturated heterocycles. The summed E-state index contributed by atoms with van der Waals surface area (Å²) in [5.41, 5.74) is 4.05. The highest BCUT2D eigenvalue weighted by Gasteiger charge is 2.22. The molecule has 0 radical (unpaired) electrons. The lowest BCUT2D eigenvalue weighted by Crippen LogP contribution is -2.40. The van der Waals surface area contributed by atoms with Crippen LogP contribution in [0.15, 0.2) is 59.6 Å². The van der Waals surface area contributed by atoms with Gasteiger partial charge in [-0.3, -0.25) is 4.99 Å². The quantitative estimate of drug-likeness (QED) is 0.585. The molecule has 1 aliphatic rings. The molecule has 1 atom stereocenters. The Morgan fingerprint density at radius 1 is 1.07 bits per heavy atom. The lowest BCUT2D eigenvalue weighted by Gasteiger charge is -2.18. The predicted molar refractivity (Wildman–Crippen MR) is 114 cm³/mol. The number of guanidine groups is 1. The van der Waals surface area contributed by atoms with Crippen LogP contribution < -0.4 is 10.6 Å². The smallest absolute Gasteiger partial charge is 0.191 e. The molecule has 27 heavy (non-hydrogen) atoms. The van der Waals surface area contributed by atoms with E-state index in [4.69, 9.17) is 0 Å². The number of aliphatic imine (C=N–C) groups is 1. The molecule has 1 unspecified atom stereocenters. The molecular weight excluding hydrogens is 332 g/mol. The van der Waals surface area contributed by atoms with Crippen molar-refractivity contribution in [2.75, 3.05) is 33.2 Å². The van der Waals surface area contributed by atoms with Crippen LogP contribution in [0, 0.1) is 12.8 Å². The maximum absolute atomic E-state index is 4.37. The highest BCUT2D eigenvalue weighted by atomic mass is 15.2. The van der Waals surface area contributed by atoms with Gasteiger partial charge in [-0.05, 0) is 48.9 Å². The van der Waals surface area contributed by atoms with E-state index in [-0.39, 0.29) is 0 Å². The van der Waals surface area contributed by atoms with Gasteiger partial charge in [0.25, 0.3) is 0 Å². The molecule has 0 saturated carbocycles. The van der Waals surface area contributed by atoms with E-state index in [0.29, 0.717) is 5.92 Å². The van der Waals surface area contributed by atoms with Crippen LogP contribution in [0.4, 0.5) is 0 Å². The van der Waals surface area contributed by atoms with Crippen molar-refractivity contribution in [1.82, 2.24) is 15.5 Å². The Morgan fingerprint density at radius 2 is 1.85 bits per heavy atom. The number of likely N-dealkylation sites (tertiary alicyclic amines) is 1. The first-order chi connectivity index (χ1) is 13.2.